The Morgan fingerprint density at radius 1 is 1.33 bits per heavy atom. The summed E-state index contributed by atoms with van der Waals surface area (Å²) in [5, 5.41) is 22.1. The van der Waals surface area contributed by atoms with Crippen LogP contribution >= 0.6 is 23.5 Å². The number of nitrogens with zero attached hydrogens (tertiary/aromatic N) is 1. The second-order valence-electron chi connectivity index (χ2n) is 3.05. The maximum atomic E-state index is 11.5. The van der Waals surface area contributed by atoms with Crippen LogP contribution in [0.3, 0.4) is 0 Å². The van der Waals surface area contributed by atoms with Crippen LogP contribution in [0.25, 0.3) is 0 Å². The van der Waals surface area contributed by atoms with Crippen LogP contribution in [0.4, 0.5) is 5.69 Å². The van der Waals surface area contributed by atoms with Gasteiger partial charge in [-0.3, -0.25) is 10.1 Å². The van der Waals surface area contributed by atoms with Gasteiger partial charge in [0.25, 0.3) is 5.69 Å². The molecule has 1 aromatic carbocycles. The summed E-state index contributed by atoms with van der Waals surface area (Å²) >= 11 is 3.34. The smallest absolute Gasteiger partial charge is 0.269 e. The zero-order chi connectivity index (χ0) is 10.8. The molecule has 0 aliphatic carbocycles. The Balaban J connectivity index is 2.35. The molecular weight excluding hydrogens is 234 g/mol. The van der Waals surface area contributed by atoms with Gasteiger partial charge < -0.3 is 5.11 Å². The third-order valence-corrected chi connectivity index (χ3v) is 5.15. The maximum absolute atomic E-state index is 11.5. The van der Waals surface area contributed by atoms with Crippen LogP contribution in [0.15, 0.2) is 18.2 Å². The Bertz CT molecular complexity index is 391. The number of benzene rings is 1. The highest BCUT2D eigenvalue weighted by Crippen LogP contribution is 2.48. The lowest BCUT2D eigenvalue weighted by Crippen LogP contribution is -1.99. The van der Waals surface area contributed by atoms with Crippen molar-refractivity contribution in [3.63, 3.8) is 0 Å². The SMILES string of the molecule is O=[N+]([O-])c1ccc([O-])c(C2SCCS2)c1. The molecule has 1 aromatic rings. The first-order valence-corrected chi connectivity index (χ1v) is 6.47. The Kier molecular flexibility index (Phi) is 3.06. The number of hydrogen-bond acceptors (Lipinski definition) is 5. The third kappa shape index (κ3) is 2.21. The van der Waals surface area contributed by atoms with Gasteiger partial charge in [0.2, 0.25) is 0 Å². The van der Waals surface area contributed by atoms with Crippen LogP contribution in [0.5, 0.6) is 5.75 Å². The van der Waals surface area contributed by atoms with Crippen molar-refractivity contribution in [1.29, 1.82) is 0 Å². The van der Waals surface area contributed by atoms with E-state index in [1.807, 2.05) is 0 Å². The van der Waals surface area contributed by atoms with Crippen molar-refractivity contribution >= 4 is 29.2 Å². The van der Waals surface area contributed by atoms with Crippen LogP contribution in [0.1, 0.15) is 10.1 Å². The van der Waals surface area contributed by atoms with Crippen LogP contribution < -0.4 is 5.11 Å². The molecule has 6 heteroatoms. The lowest BCUT2D eigenvalue weighted by molar-refractivity contribution is -0.385. The highest BCUT2D eigenvalue weighted by molar-refractivity contribution is 8.19. The maximum Gasteiger partial charge on any atom is 0.269 e. The molecule has 0 aromatic heterocycles. The number of hydrogen-bond donors (Lipinski definition) is 0. The van der Waals surface area contributed by atoms with Crippen LogP contribution in [0.2, 0.25) is 0 Å². The van der Waals surface area contributed by atoms with Gasteiger partial charge in [0.15, 0.2) is 0 Å². The minimum absolute atomic E-state index is 0.00213. The van der Waals surface area contributed by atoms with Crippen LogP contribution in [0, 0.1) is 10.1 Å². The van der Waals surface area contributed by atoms with E-state index >= 15 is 0 Å². The van der Waals surface area contributed by atoms with Crippen molar-refractivity contribution in [1.82, 2.24) is 0 Å². The first-order chi connectivity index (χ1) is 7.18. The minimum atomic E-state index is -0.465. The summed E-state index contributed by atoms with van der Waals surface area (Å²) in [5.74, 6) is 1.89. The van der Waals surface area contributed by atoms with E-state index in [0.29, 0.717) is 5.56 Å². The van der Waals surface area contributed by atoms with Crippen molar-refractivity contribution in [2.24, 2.45) is 0 Å². The number of nitro groups is 1. The Hall–Kier alpha value is -0.880. The number of rotatable bonds is 2. The van der Waals surface area contributed by atoms with Gasteiger partial charge in [-0.05, 0) is 5.56 Å². The van der Waals surface area contributed by atoms with E-state index < -0.39 is 4.92 Å². The Labute approximate surface area is 95.2 Å². The number of non-ortho nitro benzene ring substituents is 1. The quantitative estimate of drug-likeness (QED) is 0.587. The summed E-state index contributed by atoms with van der Waals surface area (Å²) in [5.41, 5.74) is 0.550. The average Bonchev–Trinajstić information content (AvgIpc) is 2.71. The van der Waals surface area contributed by atoms with Gasteiger partial charge in [0, 0.05) is 23.6 Å². The summed E-state index contributed by atoms with van der Waals surface area (Å²) in [6, 6.07) is 3.95. The number of nitro benzene ring substituents is 1. The zero-order valence-electron chi connectivity index (χ0n) is 7.71. The highest BCUT2D eigenvalue weighted by Gasteiger charge is 2.20. The van der Waals surface area contributed by atoms with E-state index in [2.05, 4.69) is 0 Å². The summed E-state index contributed by atoms with van der Waals surface area (Å²) in [7, 11) is 0. The molecule has 0 atom stereocenters. The van der Waals surface area contributed by atoms with Gasteiger partial charge in [0.1, 0.15) is 0 Å². The first-order valence-electron chi connectivity index (χ1n) is 4.37. The van der Waals surface area contributed by atoms with Gasteiger partial charge in [0.05, 0.1) is 9.51 Å². The number of thioether (sulfide) groups is 2. The molecule has 80 valence electrons. The molecule has 0 radical (unpaired) electrons. The third-order valence-electron chi connectivity index (χ3n) is 2.08. The van der Waals surface area contributed by atoms with Crippen molar-refractivity contribution in [3.05, 3.63) is 33.9 Å². The fraction of sp³-hybridized carbons (Fsp3) is 0.333. The zero-order valence-corrected chi connectivity index (χ0v) is 9.35. The largest absolute Gasteiger partial charge is 0.872 e. The molecule has 1 aliphatic heterocycles. The molecule has 1 heterocycles. The summed E-state index contributed by atoms with van der Waals surface area (Å²) in [6.45, 7) is 0. The molecule has 4 nitrogen and oxygen atoms in total. The van der Waals surface area contributed by atoms with Gasteiger partial charge in [-0.25, -0.2) is 0 Å². The van der Waals surface area contributed by atoms with Gasteiger partial charge in [-0.15, -0.1) is 29.3 Å². The van der Waals surface area contributed by atoms with E-state index in [-0.39, 0.29) is 16.0 Å². The molecule has 0 bridgehead atoms. The molecule has 0 spiro atoms. The van der Waals surface area contributed by atoms with Crippen molar-refractivity contribution in [3.8, 4) is 5.75 Å². The first kappa shape index (κ1) is 10.6. The summed E-state index contributed by atoms with van der Waals surface area (Å²) in [6.07, 6.45) is 0. The van der Waals surface area contributed by atoms with Crippen LogP contribution in [-0.2, 0) is 0 Å². The summed E-state index contributed by atoms with van der Waals surface area (Å²) in [4.78, 5) is 10.1. The monoisotopic (exact) mass is 242 g/mol. The molecule has 1 saturated heterocycles. The second-order valence-corrected chi connectivity index (χ2v) is 5.78. The Morgan fingerprint density at radius 3 is 2.60 bits per heavy atom. The van der Waals surface area contributed by atoms with Crippen molar-refractivity contribution < 1.29 is 10.0 Å². The minimum Gasteiger partial charge on any atom is -0.872 e. The van der Waals surface area contributed by atoms with Gasteiger partial charge in [-0.2, -0.15) is 0 Å². The average molecular weight is 242 g/mol. The lowest BCUT2D eigenvalue weighted by Gasteiger charge is -2.16. The molecule has 15 heavy (non-hydrogen) atoms. The fourth-order valence-corrected chi connectivity index (χ4v) is 4.26. The second kappa shape index (κ2) is 4.32. The lowest BCUT2D eigenvalue weighted by atomic mass is 10.2. The molecule has 2 rings (SSSR count). The van der Waals surface area contributed by atoms with Gasteiger partial charge in [-0.1, -0.05) is 6.07 Å². The summed E-state index contributed by atoms with van der Waals surface area (Å²) < 4.78 is 0.0670. The molecule has 1 fully saturated rings. The molecule has 0 unspecified atom stereocenters. The topological polar surface area (TPSA) is 66.2 Å². The highest BCUT2D eigenvalue weighted by atomic mass is 32.2. The van der Waals surface area contributed by atoms with Gasteiger partial charge >= 0.3 is 0 Å². The predicted molar refractivity (Wildman–Crippen MR) is 60.2 cm³/mol. The molecule has 0 saturated carbocycles. The molecule has 0 N–H and O–H groups in total. The fourth-order valence-electron chi connectivity index (χ4n) is 1.37. The van der Waals surface area contributed by atoms with E-state index in [9.17, 15) is 15.2 Å². The molecule has 0 amide bonds. The van der Waals surface area contributed by atoms with E-state index in [1.54, 1.807) is 23.5 Å². The van der Waals surface area contributed by atoms with E-state index in [4.69, 9.17) is 0 Å². The van der Waals surface area contributed by atoms with Crippen LogP contribution in [-0.4, -0.2) is 16.4 Å². The van der Waals surface area contributed by atoms with Crippen molar-refractivity contribution in [2.75, 3.05) is 11.5 Å². The van der Waals surface area contributed by atoms with E-state index in [1.165, 1.54) is 18.2 Å². The molecular formula is C9H8NO3S2-. The molecule has 1 aliphatic rings. The predicted octanol–water partition coefficient (Wildman–Crippen LogP) is 2.15. The standard InChI is InChI=1S/C9H9NO3S2/c11-8-2-1-6(10(12)13)5-7(8)9-14-3-4-15-9/h1-2,5,9,11H,3-4H2/p-1. The Morgan fingerprint density at radius 2 is 2.00 bits per heavy atom. The van der Waals surface area contributed by atoms with Crippen molar-refractivity contribution in [2.45, 2.75) is 4.58 Å². The normalized spacial score (nSPS) is 16.8. The van der Waals surface area contributed by atoms with E-state index in [0.717, 1.165) is 11.5 Å².